The highest BCUT2D eigenvalue weighted by molar-refractivity contribution is 5.58. The summed E-state index contributed by atoms with van der Waals surface area (Å²) in [6.45, 7) is 0.260. The molecule has 0 amide bonds. The predicted molar refractivity (Wildman–Crippen MR) is 85.8 cm³/mol. The molecule has 1 aromatic rings. The van der Waals surface area contributed by atoms with E-state index in [-0.39, 0.29) is 13.2 Å². The summed E-state index contributed by atoms with van der Waals surface area (Å²) in [4.78, 5) is 0. The molecule has 2 aliphatic heterocycles. The molecule has 2 heterocycles. The first-order valence-corrected chi connectivity index (χ1v) is 8.04. The molecule has 2 atom stereocenters. The summed E-state index contributed by atoms with van der Waals surface area (Å²) in [6, 6.07) is 3.96. The second-order valence-corrected chi connectivity index (χ2v) is 6.12. The fourth-order valence-electron chi connectivity index (χ4n) is 3.75. The van der Waals surface area contributed by atoms with Crippen LogP contribution >= 0.6 is 0 Å². The lowest BCUT2D eigenvalue weighted by Gasteiger charge is -2.25. The molecule has 0 radical (unpaired) electrons. The maximum atomic E-state index is 9.23. The van der Waals surface area contributed by atoms with E-state index in [1.165, 1.54) is 0 Å². The van der Waals surface area contributed by atoms with Crippen LogP contribution in [0.4, 0.5) is 0 Å². The van der Waals surface area contributed by atoms with Crippen molar-refractivity contribution < 1.29 is 24.4 Å². The van der Waals surface area contributed by atoms with E-state index in [0.717, 1.165) is 11.1 Å². The van der Waals surface area contributed by atoms with Crippen LogP contribution in [0, 0.1) is 0 Å². The number of aliphatic hydroxyl groups is 2. The highest BCUT2D eigenvalue weighted by atomic mass is 16.5. The minimum Gasteiger partial charge on any atom is -0.493 e. The molecule has 1 aromatic carbocycles. The van der Waals surface area contributed by atoms with Gasteiger partial charge in [0.1, 0.15) is 11.2 Å². The van der Waals surface area contributed by atoms with Gasteiger partial charge in [0, 0.05) is 13.2 Å². The molecule has 0 spiro atoms. The van der Waals surface area contributed by atoms with Gasteiger partial charge in [-0.25, -0.2) is 0 Å². The number of hydrogen-bond acceptors (Lipinski definition) is 5. The van der Waals surface area contributed by atoms with Crippen molar-refractivity contribution >= 4 is 0 Å². The first-order valence-electron chi connectivity index (χ1n) is 8.04. The summed E-state index contributed by atoms with van der Waals surface area (Å²) in [5.74, 6) is 1.35. The summed E-state index contributed by atoms with van der Waals surface area (Å²) in [6.07, 6.45) is 6.93. The standard InChI is InChI=1S/C18H24O5/c1-21-15-11-13-14(12-16(15)22-2)18(6-4-10-20)8-7-17(13,23-18)5-3-9-19/h7-8,11-12,19-20H,3-6,9-10H2,1-2H3. The fourth-order valence-corrected chi connectivity index (χ4v) is 3.75. The Kier molecular flexibility index (Phi) is 4.36. The molecule has 2 aliphatic rings. The van der Waals surface area contributed by atoms with Crippen molar-refractivity contribution in [3.63, 3.8) is 0 Å². The molecule has 2 bridgehead atoms. The van der Waals surface area contributed by atoms with Crippen LogP contribution in [0.25, 0.3) is 0 Å². The zero-order chi connectivity index (χ0) is 16.5. The van der Waals surface area contributed by atoms with Crippen molar-refractivity contribution in [1.82, 2.24) is 0 Å². The Labute approximate surface area is 136 Å². The molecule has 2 unspecified atom stereocenters. The Balaban J connectivity index is 2.09. The Morgan fingerprint density at radius 1 is 0.870 bits per heavy atom. The van der Waals surface area contributed by atoms with E-state index in [0.29, 0.717) is 37.2 Å². The predicted octanol–water partition coefficient (Wildman–Crippen LogP) is 2.24. The van der Waals surface area contributed by atoms with Gasteiger partial charge in [-0.3, -0.25) is 0 Å². The van der Waals surface area contributed by atoms with Crippen LogP contribution in [0.15, 0.2) is 24.3 Å². The third kappa shape index (κ3) is 2.43. The molecule has 5 nitrogen and oxygen atoms in total. The number of fused-ring (bicyclic) bond motifs is 5. The SMILES string of the molecule is COc1cc2c(cc1OC)C1(CCCO)C=CC2(CCCO)O1. The van der Waals surface area contributed by atoms with Gasteiger partial charge in [0.25, 0.3) is 0 Å². The van der Waals surface area contributed by atoms with E-state index in [1.54, 1.807) is 14.2 Å². The fraction of sp³-hybridized carbons (Fsp3) is 0.556. The molecular formula is C18H24O5. The largest absolute Gasteiger partial charge is 0.493 e. The topological polar surface area (TPSA) is 68.2 Å². The highest BCUT2D eigenvalue weighted by Gasteiger charge is 2.55. The maximum absolute atomic E-state index is 9.23. The molecule has 23 heavy (non-hydrogen) atoms. The van der Waals surface area contributed by atoms with Crippen molar-refractivity contribution in [2.75, 3.05) is 27.4 Å². The van der Waals surface area contributed by atoms with Crippen LogP contribution in [0.2, 0.25) is 0 Å². The normalized spacial score (nSPS) is 27.3. The Morgan fingerprint density at radius 2 is 1.30 bits per heavy atom. The van der Waals surface area contributed by atoms with Gasteiger partial charge in [-0.2, -0.15) is 0 Å². The van der Waals surface area contributed by atoms with Gasteiger partial charge in [0.05, 0.1) is 14.2 Å². The molecule has 0 fully saturated rings. The van der Waals surface area contributed by atoms with Gasteiger partial charge in [-0.1, -0.05) is 0 Å². The molecule has 5 heteroatoms. The van der Waals surface area contributed by atoms with Crippen LogP contribution in [0.1, 0.15) is 36.8 Å². The molecule has 0 saturated carbocycles. The molecule has 0 saturated heterocycles. The van der Waals surface area contributed by atoms with Crippen molar-refractivity contribution in [2.24, 2.45) is 0 Å². The second kappa shape index (κ2) is 6.15. The minimum absolute atomic E-state index is 0.130. The van der Waals surface area contributed by atoms with Gasteiger partial charge in [0.2, 0.25) is 0 Å². The van der Waals surface area contributed by atoms with Crippen molar-refractivity contribution in [3.05, 3.63) is 35.4 Å². The Morgan fingerprint density at radius 3 is 1.65 bits per heavy atom. The molecule has 0 aromatic heterocycles. The number of methoxy groups -OCH3 is 2. The van der Waals surface area contributed by atoms with Crippen LogP contribution in [0.5, 0.6) is 11.5 Å². The average Bonchev–Trinajstić information content (AvgIpc) is 3.09. The summed E-state index contributed by atoms with van der Waals surface area (Å²) in [5, 5.41) is 18.5. The maximum Gasteiger partial charge on any atom is 0.161 e. The Hall–Kier alpha value is -1.56. The zero-order valence-corrected chi connectivity index (χ0v) is 13.7. The van der Waals surface area contributed by atoms with Crippen LogP contribution in [-0.2, 0) is 15.9 Å². The molecular weight excluding hydrogens is 296 g/mol. The monoisotopic (exact) mass is 320 g/mol. The average molecular weight is 320 g/mol. The van der Waals surface area contributed by atoms with Crippen molar-refractivity contribution in [3.8, 4) is 11.5 Å². The number of aliphatic hydroxyl groups excluding tert-OH is 2. The molecule has 2 N–H and O–H groups in total. The lowest BCUT2D eigenvalue weighted by Crippen LogP contribution is -2.24. The van der Waals surface area contributed by atoms with E-state index < -0.39 is 11.2 Å². The van der Waals surface area contributed by atoms with Crippen LogP contribution < -0.4 is 9.47 Å². The van der Waals surface area contributed by atoms with Crippen molar-refractivity contribution in [1.29, 1.82) is 0 Å². The number of rotatable bonds is 8. The summed E-state index contributed by atoms with van der Waals surface area (Å²) in [7, 11) is 3.24. The number of ether oxygens (including phenoxy) is 3. The summed E-state index contributed by atoms with van der Waals surface area (Å²) >= 11 is 0. The van der Waals surface area contributed by atoms with E-state index in [4.69, 9.17) is 14.2 Å². The third-order valence-corrected chi connectivity index (χ3v) is 4.83. The van der Waals surface area contributed by atoms with E-state index in [9.17, 15) is 10.2 Å². The first kappa shape index (κ1) is 16.3. The summed E-state index contributed by atoms with van der Waals surface area (Å²) in [5.41, 5.74) is 1.10. The minimum atomic E-state index is -0.521. The zero-order valence-electron chi connectivity index (χ0n) is 13.7. The van der Waals surface area contributed by atoms with Crippen LogP contribution in [-0.4, -0.2) is 37.6 Å². The molecule has 0 aliphatic carbocycles. The number of hydrogen-bond donors (Lipinski definition) is 2. The van der Waals surface area contributed by atoms with Crippen LogP contribution in [0.3, 0.4) is 0 Å². The van der Waals surface area contributed by atoms with Gasteiger partial charge >= 0.3 is 0 Å². The van der Waals surface area contributed by atoms with Crippen molar-refractivity contribution in [2.45, 2.75) is 36.9 Å². The van der Waals surface area contributed by atoms with E-state index in [2.05, 4.69) is 12.2 Å². The van der Waals surface area contributed by atoms with E-state index in [1.807, 2.05) is 12.1 Å². The quantitative estimate of drug-likeness (QED) is 0.719. The highest BCUT2D eigenvalue weighted by Crippen LogP contribution is 2.59. The lowest BCUT2D eigenvalue weighted by molar-refractivity contribution is -0.0828. The lowest BCUT2D eigenvalue weighted by atomic mass is 9.78. The first-order chi connectivity index (χ1) is 11.1. The molecule has 126 valence electrons. The smallest absolute Gasteiger partial charge is 0.161 e. The summed E-state index contributed by atoms with van der Waals surface area (Å²) < 4.78 is 17.4. The van der Waals surface area contributed by atoms with Gasteiger partial charge < -0.3 is 24.4 Å². The van der Waals surface area contributed by atoms with Gasteiger partial charge in [-0.05, 0) is 61.1 Å². The second-order valence-electron chi connectivity index (χ2n) is 6.12. The van der Waals surface area contributed by atoms with Gasteiger partial charge in [-0.15, -0.1) is 0 Å². The van der Waals surface area contributed by atoms with E-state index >= 15 is 0 Å². The molecule has 3 rings (SSSR count). The Bertz CT molecular complexity index is 561. The van der Waals surface area contributed by atoms with Gasteiger partial charge in [0.15, 0.2) is 11.5 Å². The number of benzene rings is 1. The third-order valence-electron chi connectivity index (χ3n) is 4.83.